The van der Waals surface area contributed by atoms with Crippen LogP contribution in [0.4, 0.5) is 11.4 Å². The van der Waals surface area contributed by atoms with Gasteiger partial charge < -0.3 is 15.5 Å². The minimum Gasteiger partial charge on any atom is -0.352 e. The first-order valence-electron chi connectivity index (χ1n) is 9.16. The highest BCUT2D eigenvalue weighted by molar-refractivity contribution is 5.97. The van der Waals surface area contributed by atoms with Gasteiger partial charge in [0.1, 0.15) is 0 Å². The highest BCUT2D eigenvalue weighted by Crippen LogP contribution is 2.27. The lowest BCUT2D eigenvalue weighted by Gasteiger charge is -2.22. The lowest BCUT2D eigenvalue weighted by atomic mass is 10.2. The molecule has 0 bridgehead atoms. The Morgan fingerprint density at radius 3 is 2.65 bits per heavy atom. The second-order valence-corrected chi connectivity index (χ2v) is 6.43. The van der Waals surface area contributed by atoms with Crippen LogP contribution >= 0.6 is 0 Å². The van der Waals surface area contributed by atoms with E-state index in [-0.39, 0.29) is 5.91 Å². The van der Waals surface area contributed by atoms with Crippen molar-refractivity contribution in [1.29, 1.82) is 0 Å². The third-order valence-electron chi connectivity index (χ3n) is 4.52. The maximum Gasteiger partial charge on any atom is 0.224 e. The molecule has 1 amide bonds. The van der Waals surface area contributed by atoms with Crippen LogP contribution < -0.4 is 15.5 Å². The monoisotopic (exact) mass is 350 g/mol. The molecule has 0 aromatic heterocycles. The zero-order valence-electron chi connectivity index (χ0n) is 15.5. The first-order valence-corrected chi connectivity index (χ1v) is 9.16. The standard InChI is InChI=1S/C21H26N4O/c1-3-6-20(26)24-18-11-9-16(10-12-18)15-23-21(22-2)25-14-13-17-7-4-5-8-19(17)25/h4-5,7-12H,3,6,13-15H2,1-2H3,(H,22,23)(H,24,26). The number of hydrogen-bond donors (Lipinski definition) is 2. The molecule has 3 rings (SSSR count). The van der Waals surface area contributed by atoms with Crippen LogP contribution in [0, 0.1) is 0 Å². The van der Waals surface area contributed by atoms with Gasteiger partial charge in [-0.15, -0.1) is 0 Å². The normalized spacial score (nSPS) is 13.5. The van der Waals surface area contributed by atoms with Crippen molar-refractivity contribution in [3.05, 3.63) is 59.7 Å². The average molecular weight is 350 g/mol. The van der Waals surface area contributed by atoms with E-state index in [9.17, 15) is 4.79 Å². The number of rotatable bonds is 5. The van der Waals surface area contributed by atoms with Gasteiger partial charge in [-0.05, 0) is 42.2 Å². The van der Waals surface area contributed by atoms with Crippen LogP contribution in [0.3, 0.4) is 0 Å². The van der Waals surface area contributed by atoms with Crippen LogP contribution in [0.15, 0.2) is 53.5 Å². The van der Waals surface area contributed by atoms with Gasteiger partial charge in [0.2, 0.25) is 5.91 Å². The van der Waals surface area contributed by atoms with Gasteiger partial charge in [0, 0.05) is 37.9 Å². The number of aliphatic imine (C=N–C) groups is 1. The highest BCUT2D eigenvalue weighted by atomic mass is 16.1. The van der Waals surface area contributed by atoms with Crippen LogP contribution in [0.5, 0.6) is 0 Å². The number of carbonyl (C=O) groups is 1. The first kappa shape index (κ1) is 18.0. The van der Waals surface area contributed by atoms with E-state index in [0.29, 0.717) is 13.0 Å². The van der Waals surface area contributed by atoms with Crippen molar-refractivity contribution >= 4 is 23.2 Å². The molecule has 0 spiro atoms. The first-order chi connectivity index (χ1) is 12.7. The van der Waals surface area contributed by atoms with Crippen molar-refractivity contribution < 1.29 is 4.79 Å². The Balaban J connectivity index is 1.59. The zero-order chi connectivity index (χ0) is 18.4. The number of fused-ring (bicyclic) bond motifs is 1. The van der Waals surface area contributed by atoms with Gasteiger partial charge >= 0.3 is 0 Å². The minimum atomic E-state index is 0.0616. The van der Waals surface area contributed by atoms with Gasteiger partial charge in [-0.25, -0.2) is 0 Å². The zero-order valence-corrected chi connectivity index (χ0v) is 15.5. The van der Waals surface area contributed by atoms with Crippen molar-refractivity contribution in [2.45, 2.75) is 32.7 Å². The van der Waals surface area contributed by atoms with Crippen LogP contribution in [0.25, 0.3) is 0 Å². The Labute approximate surface area is 155 Å². The quantitative estimate of drug-likeness (QED) is 0.640. The molecular weight excluding hydrogens is 324 g/mol. The van der Waals surface area contributed by atoms with Crippen molar-refractivity contribution in [2.24, 2.45) is 4.99 Å². The Hall–Kier alpha value is -2.82. The molecule has 0 radical (unpaired) electrons. The van der Waals surface area contributed by atoms with Gasteiger partial charge in [0.15, 0.2) is 5.96 Å². The fourth-order valence-corrected chi connectivity index (χ4v) is 3.19. The van der Waals surface area contributed by atoms with E-state index in [2.05, 4.69) is 44.8 Å². The van der Waals surface area contributed by atoms with Crippen molar-refractivity contribution in [3.8, 4) is 0 Å². The molecule has 2 aromatic rings. The maximum absolute atomic E-state index is 11.7. The summed E-state index contributed by atoms with van der Waals surface area (Å²) in [5.41, 5.74) is 4.58. The van der Waals surface area contributed by atoms with Crippen LogP contribution in [-0.4, -0.2) is 25.5 Å². The van der Waals surface area contributed by atoms with Crippen molar-refractivity contribution in [1.82, 2.24) is 5.32 Å². The summed E-state index contributed by atoms with van der Waals surface area (Å²) in [5.74, 6) is 0.946. The number of benzene rings is 2. The molecule has 0 saturated carbocycles. The number of para-hydroxylation sites is 1. The largest absolute Gasteiger partial charge is 0.352 e. The molecule has 136 valence electrons. The maximum atomic E-state index is 11.7. The van der Waals surface area contributed by atoms with Crippen LogP contribution in [0.2, 0.25) is 0 Å². The van der Waals surface area contributed by atoms with Gasteiger partial charge in [0.25, 0.3) is 0 Å². The van der Waals surface area contributed by atoms with Gasteiger partial charge in [-0.1, -0.05) is 37.3 Å². The molecule has 2 aromatic carbocycles. The van der Waals surface area contributed by atoms with E-state index < -0.39 is 0 Å². The molecule has 1 heterocycles. The smallest absolute Gasteiger partial charge is 0.224 e. The Bertz CT molecular complexity index is 783. The molecule has 0 saturated heterocycles. The Morgan fingerprint density at radius 2 is 1.92 bits per heavy atom. The summed E-state index contributed by atoms with van der Waals surface area (Å²) in [6.07, 6.45) is 2.45. The molecule has 5 nitrogen and oxygen atoms in total. The molecule has 0 aliphatic carbocycles. The summed E-state index contributed by atoms with van der Waals surface area (Å²) in [7, 11) is 1.82. The number of hydrogen-bond acceptors (Lipinski definition) is 2. The summed E-state index contributed by atoms with van der Waals surface area (Å²) in [4.78, 5) is 18.3. The molecule has 26 heavy (non-hydrogen) atoms. The predicted octanol–water partition coefficient (Wildman–Crippen LogP) is 3.56. The van der Waals surface area contributed by atoms with Crippen LogP contribution in [-0.2, 0) is 17.8 Å². The fraction of sp³-hybridized carbons (Fsp3) is 0.333. The van der Waals surface area contributed by atoms with Crippen LogP contribution in [0.1, 0.15) is 30.9 Å². The minimum absolute atomic E-state index is 0.0616. The lowest BCUT2D eigenvalue weighted by molar-refractivity contribution is -0.116. The Morgan fingerprint density at radius 1 is 1.15 bits per heavy atom. The molecule has 2 N–H and O–H groups in total. The molecule has 0 atom stereocenters. The molecule has 5 heteroatoms. The summed E-state index contributed by atoms with van der Waals surface area (Å²) in [6, 6.07) is 16.4. The number of guanidine groups is 1. The fourth-order valence-electron chi connectivity index (χ4n) is 3.19. The van der Waals surface area contributed by atoms with E-state index in [1.807, 2.05) is 38.2 Å². The number of carbonyl (C=O) groups excluding carboxylic acids is 1. The highest BCUT2D eigenvalue weighted by Gasteiger charge is 2.22. The van der Waals surface area contributed by atoms with E-state index in [1.165, 1.54) is 11.3 Å². The Kier molecular flexibility index (Phi) is 5.89. The second kappa shape index (κ2) is 8.52. The lowest BCUT2D eigenvalue weighted by Crippen LogP contribution is -2.40. The average Bonchev–Trinajstić information content (AvgIpc) is 3.08. The van der Waals surface area contributed by atoms with Crippen molar-refractivity contribution in [2.75, 3.05) is 23.8 Å². The summed E-state index contributed by atoms with van der Waals surface area (Å²) >= 11 is 0. The van der Waals surface area contributed by atoms with Crippen molar-refractivity contribution in [3.63, 3.8) is 0 Å². The number of amides is 1. The molecule has 1 aliphatic rings. The predicted molar refractivity (Wildman–Crippen MR) is 108 cm³/mol. The topological polar surface area (TPSA) is 56.7 Å². The third kappa shape index (κ3) is 4.23. The summed E-state index contributed by atoms with van der Waals surface area (Å²) in [6.45, 7) is 3.63. The summed E-state index contributed by atoms with van der Waals surface area (Å²) < 4.78 is 0. The number of anilines is 2. The number of nitrogens with one attached hydrogen (secondary N) is 2. The number of nitrogens with zero attached hydrogens (tertiary/aromatic N) is 2. The SMILES string of the molecule is CCCC(=O)Nc1ccc(CNC(=NC)N2CCc3ccccc32)cc1. The third-order valence-corrected chi connectivity index (χ3v) is 4.52. The van der Waals surface area contributed by atoms with E-state index >= 15 is 0 Å². The van der Waals surface area contributed by atoms with Gasteiger partial charge in [-0.3, -0.25) is 9.79 Å². The second-order valence-electron chi connectivity index (χ2n) is 6.43. The summed E-state index contributed by atoms with van der Waals surface area (Å²) in [5, 5.41) is 6.35. The molecule has 0 fully saturated rings. The van der Waals surface area contributed by atoms with Gasteiger partial charge in [0.05, 0.1) is 0 Å². The molecular formula is C21H26N4O. The molecule has 0 unspecified atom stereocenters. The van der Waals surface area contributed by atoms with E-state index in [1.54, 1.807) is 0 Å². The van der Waals surface area contributed by atoms with E-state index in [0.717, 1.165) is 36.6 Å². The van der Waals surface area contributed by atoms with E-state index in [4.69, 9.17) is 0 Å². The molecule has 1 aliphatic heterocycles. The van der Waals surface area contributed by atoms with Gasteiger partial charge in [-0.2, -0.15) is 0 Å².